The first kappa shape index (κ1) is 24.4. The molecule has 3 rings (SSSR count). The number of hydrogen-bond acceptors (Lipinski definition) is 6. The van der Waals surface area contributed by atoms with Crippen molar-refractivity contribution < 1.29 is 14.7 Å². The van der Waals surface area contributed by atoms with Gasteiger partial charge in [0, 0.05) is 30.5 Å². The molecule has 1 aliphatic rings. The van der Waals surface area contributed by atoms with Crippen LogP contribution in [0.3, 0.4) is 0 Å². The van der Waals surface area contributed by atoms with Gasteiger partial charge in [-0.1, -0.05) is 38.1 Å². The van der Waals surface area contributed by atoms with Crippen LogP contribution in [0, 0.1) is 5.92 Å². The van der Waals surface area contributed by atoms with Gasteiger partial charge in [0.1, 0.15) is 0 Å². The van der Waals surface area contributed by atoms with E-state index in [1.165, 1.54) is 0 Å². The number of nitrogens with one attached hydrogen (secondary N) is 1. The number of likely N-dealkylation sites (tertiary alicyclic amines) is 1. The number of hydrogen-bond donors (Lipinski definition) is 3. The van der Waals surface area contributed by atoms with Crippen molar-refractivity contribution in [2.75, 3.05) is 13.2 Å². The maximum Gasteiger partial charge on any atom is 0.239 e. The lowest BCUT2D eigenvalue weighted by atomic mass is 10.0. The Bertz CT molecular complexity index is 814. The van der Waals surface area contributed by atoms with Crippen molar-refractivity contribution in [2.45, 2.75) is 51.7 Å². The topological polar surface area (TPSA) is 121 Å². The van der Waals surface area contributed by atoms with Crippen LogP contribution in [0.15, 0.2) is 42.9 Å². The minimum atomic E-state index is -0.376. The molecule has 3 unspecified atom stereocenters. The summed E-state index contributed by atoms with van der Waals surface area (Å²) in [5.41, 5.74) is 8.38. The van der Waals surface area contributed by atoms with Gasteiger partial charge >= 0.3 is 0 Å². The lowest BCUT2D eigenvalue weighted by molar-refractivity contribution is -0.134. The van der Waals surface area contributed by atoms with Crippen LogP contribution < -0.4 is 11.1 Å². The van der Waals surface area contributed by atoms with Crippen molar-refractivity contribution in [3.63, 3.8) is 0 Å². The smallest absolute Gasteiger partial charge is 0.239 e. The lowest BCUT2D eigenvalue weighted by Gasteiger charge is -2.26. The fourth-order valence-electron chi connectivity index (χ4n) is 3.41. The summed E-state index contributed by atoms with van der Waals surface area (Å²) in [5, 5.41) is 11.7. The predicted octanol–water partition coefficient (Wildman–Crippen LogP) is 1.90. The SMILES string of the molecule is CC(C)C(N)C(=O)N1CCCC1C.O=CNC(CO)c1ccc(-c2cnccn2)cc1. The average molecular weight is 428 g/mol. The number of aliphatic hydroxyl groups is 1. The van der Waals surface area contributed by atoms with Crippen molar-refractivity contribution in [2.24, 2.45) is 11.7 Å². The molecule has 2 aromatic rings. The first-order valence-corrected chi connectivity index (χ1v) is 10.6. The van der Waals surface area contributed by atoms with Gasteiger partial charge in [-0.05, 0) is 31.2 Å². The Hall–Kier alpha value is -2.84. The molecule has 0 aliphatic carbocycles. The third-order valence-electron chi connectivity index (χ3n) is 5.46. The molecule has 1 aliphatic heterocycles. The molecule has 2 heterocycles. The Morgan fingerprint density at radius 1 is 1.32 bits per heavy atom. The molecule has 8 heteroatoms. The molecular formula is C23H33N5O3. The Balaban J connectivity index is 0.000000233. The second kappa shape index (κ2) is 12.1. The number of carbonyl (C=O) groups excluding carboxylic acids is 2. The highest BCUT2D eigenvalue weighted by Gasteiger charge is 2.29. The molecule has 0 saturated carbocycles. The first-order chi connectivity index (χ1) is 14.9. The molecule has 3 atom stereocenters. The van der Waals surface area contributed by atoms with Crippen molar-refractivity contribution in [3.8, 4) is 11.3 Å². The van der Waals surface area contributed by atoms with E-state index in [9.17, 15) is 9.59 Å². The zero-order valence-electron chi connectivity index (χ0n) is 18.4. The van der Waals surface area contributed by atoms with Gasteiger partial charge in [0.2, 0.25) is 12.3 Å². The summed E-state index contributed by atoms with van der Waals surface area (Å²) < 4.78 is 0. The van der Waals surface area contributed by atoms with Gasteiger partial charge in [-0.25, -0.2) is 0 Å². The number of rotatable bonds is 7. The Morgan fingerprint density at radius 2 is 2.03 bits per heavy atom. The summed E-state index contributed by atoms with van der Waals surface area (Å²) in [6, 6.07) is 7.16. The fraction of sp³-hybridized carbons (Fsp3) is 0.478. The summed E-state index contributed by atoms with van der Waals surface area (Å²) in [6.07, 6.45) is 7.76. The minimum absolute atomic E-state index is 0.125. The van der Waals surface area contributed by atoms with Crippen LogP contribution in [0.5, 0.6) is 0 Å². The first-order valence-electron chi connectivity index (χ1n) is 10.6. The number of nitrogens with zero attached hydrogens (tertiary/aromatic N) is 3. The van der Waals surface area contributed by atoms with Gasteiger partial charge in [-0.2, -0.15) is 0 Å². The average Bonchev–Trinajstić information content (AvgIpc) is 3.23. The van der Waals surface area contributed by atoms with E-state index in [0.29, 0.717) is 12.5 Å². The molecule has 1 saturated heterocycles. The van der Waals surface area contributed by atoms with Crippen molar-refractivity contribution >= 4 is 12.3 Å². The van der Waals surface area contributed by atoms with Gasteiger partial charge in [0.05, 0.1) is 30.6 Å². The third kappa shape index (κ3) is 6.83. The molecule has 1 aromatic heterocycles. The summed E-state index contributed by atoms with van der Waals surface area (Å²) in [5.74, 6) is 0.361. The molecule has 1 fully saturated rings. The number of nitrogens with two attached hydrogens (primary N) is 1. The maximum atomic E-state index is 11.8. The molecule has 31 heavy (non-hydrogen) atoms. The van der Waals surface area contributed by atoms with E-state index in [-0.39, 0.29) is 30.5 Å². The van der Waals surface area contributed by atoms with Crippen molar-refractivity contribution in [3.05, 3.63) is 48.4 Å². The Kier molecular flexibility index (Phi) is 9.55. The van der Waals surface area contributed by atoms with Crippen LogP contribution in [0.1, 0.15) is 45.2 Å². The van der Waals surface area contributed by atoms with Crippen molar-refractivity contribution in [1.29, 1.82) is 0 Å². The lowest BCUT2D eigenvalue weighted by Crippen LogP contribution is -2.47. The molecule has 2 amide bonds. The second-order valence-electron chi connectivity index (χ2n) is 8.03. The normalized spacial score (nSPS) is 17.5. The summed E-state index contributed by atoms with van der Waals surface area (Å²) in [6.45, 7) is 6.83. The zero-order chi connectivity index (χ0) is 22.8. The standard InChI is InChI=1S/C13H13N3O2.C10H20N2O/c17-8-13(16-9-18)11-3-1-10(2-4-11)12-7-14-5-6-15-12;1-7(2)9(11)10(13)12-6-4-5-8(12)3/h1-7,9,13,17H,8H2,(H,16,18);7-9H,4-6,11H2,1-3H3. The van der Waals surface area contributed by atoms with Gasteiger partial charge < -0.3 is 21.1 Å². The molecule has 0 bridgehead atoms. The molecule has 4 N–H and O–H groups in total. The van der Waals surface area contributed by atoms with E-state index in [2.05, 4.69) is 22.2 Å². The fourth-order valence-corrected chi connectivity index (χ4v) is 3.41. The van der Waals surface area contributed by atoms with Crippen molar-refractivity contribution in [1.82, 2.24) is 20.2 Å². The summed E-state index contributed by atoms with van der Waals surface area (Å²) >= 11 is 0. The molecule has 0 spiro atoms. The number of benzene rings is 1. The highest BCUT2D eigenvalue weighted by atomic mass is 16.3. The zero-order valence-corrected chi connectivity index (χ0v) is 18.4. The quantitative estimate of drug-likeness (QED) is 0.580. The van der Waals surface area contributed by atoms with Gasteiger partial charge in [0.15, 0.2) is 0 Å². The van der Waals surface area contributed by atoms with Gasteiger partial charge in [-0.15, -0.1) is 0 Å². The van der Waals surface area contributed by atoms with Crippen LogP contribution in [-0.2, 0) is 9.59 Å². The Morgan fingerprint density at radius 3 is 2.52 bits per heavy atom. The molecular weight excluding hydrogens is 394 g/mol. The number of carbonyl (C=O) groups is 2. The third-order valence-corrected chi connectivity index (χ3v) is 5.46. The largest absolute Gasteiger partial charge is 0.394 e. The van der Waals surface area contributed by atoms with E-state index >= 15 is 0 Å². The van der Waals surface area contributed by atoms with Crippen LogP contribution >= 0.6 is 0 Å². The number of aliphatic hydroxyl groups excluding tert-OH is 1. The van der Waals surface area contributed by atoms with E-state index in [0.717, 1.165) is 36.2 Å². The number of aromatic nitrogens is 2. The number of amides is 2. The molecule has 8 nitrogen and oxygen atoms in total. The Labute approximate surface area is 183 Å². The summed E-state index contributed by atoms with van der Waals surface area (Å²) in [7, 11) is 0. The second-order valence-corrected chi connectivity index (χ2v) is 8.03. The maximum absolute atomic E-state index is 11.8. The van der Waals surface area contributed by atoms with Gasteiger partial charge in [0.25, 0.3) is 0 Å². The van der Waals surface area contributed by atoms with Crippen LogP contribution in [0.4, 0.5) is 0 Å². The molecule has 168 valence electrons. The van der Waals surface area contributed by atoms with Crippen LogP contribution in [0.25, 0.3) is 11.3 Å². The van der Waals surface area contributed by atoms with Gasteiger partial charge in [-0.3, -0.25) is 19.6 Å². The predicted molar refractivity (Wildman–Crippen MR) is 120 cm³/mol. The molecule has 1 aromatic carbocycles. The van der Waals surface area contributed by atoms with E-state index in [1.807, 2.05) is 43.0 Å². The highest BCUT2D eigenvalue weighted by Crippen LogP contribution is 2.20. The monoisotopic (exact) mass is 427 g/mol. The van der Waals surface area contributed by atoms with E-state index in [1.54, 1.807) is 18.6 Å². The van der Waals surface area contributed by atoms with E-state index < -0.39 is 0 Å². The van der Waals surface area contributed by atoms with Crippen LogP contribution in [-0.4, -0.2) is 57.5 Å². The summed E-state index contributed by atoms with van der Waals surface area (Å²) in [4.78, 5) is 32.3. The molecule has 0 radical (unpaired) electrons. The minimum Gasteiger partial charge on any atom is -0.394 e. The highest BCUT2D eigenvalue weighted by molar-refractivity contribution is 5.82. The van der Waals surface area contributed by atoms with E-state index in [4.69, 9.17) is 10.8 Å². The van der Waals surface area contributed by atoms with Crippen LogP contribution in [0.2, 0.25) is 0 Å².